The van der Waals surface area contributed by atoms with Crippen LogP contribution in [0.5, 0.6) is 5.75 Å². The van der Waals surface area contributed by atoms with Gasteiger partial charge in [-0.25, -0.2) is 8.42 Å². The van der Waals surface area contributed by atoms with E-state index in [1.807, 2.05) is 31.2 Å². The highest BCUT2D eigenvalue weighted by Crippen LogP contribution is 2.21. The Balaban J connectivity index is 2.81. The average molecular weight is 313 g/mol. The van der Waals surface area contributed by atoms with E-state index in [1.165, 1.54) is 0 Å². The SMILES string of the molecule is CCCOc1ccc(C(CS(=O)(=O)C(C)CC)NC)cc1. The van der Waals surface area contributed by atoms with Crippen LogP contribution in [0.3, 0.4) is 0 Å². The van der Waals surface area contributed by atoms with Gasteiger partial charge in [0.05, 0.1) is 17.6 Å². The summed E-state index contributed by atoms with van der Waals surface area (Å²) in [6.07, 6.45) is 1.61. The minimum Gasteiger partial charge on any atom is -0.494 e. The maximum Gasteiger partial charge on any atom is 0.154 e. The fourth-order valence-electron chi connectivity index (χ4n) is 2.01. The Morgan fingerprint density at radius 3 is 2.29 bits per heavy atom. The standard InChI is InChI=1S/C16H27NO3S/c1-5-11-20-15-9-7-14(8-10-15)16(17-4)12-21(18,19)13(3)6-2/h7-10,13,16-17H,5-6,11-12H2,1-4H3. The second kappa shape index (κ2) is 8.39. The summed E-state index contributed by atoms with van der Waals surface area (Å²) in [4.78, 5) is 0. The van der Waals surface area contributed by atoms with Crippen LogP contribution in [0.4, 0.5) is 0 Å². The zero-order valence-corrected chi connectivity index (χ0v) is 14.2. The lowest BCUT2D eigenvalue weighted by atomic mass is 10.1. The van der Waals surface area contributed by atoms with Crippen LogP contribution >= 0.6 is 0 Å². The van der Waals surface area contributed by atoms with Gasteiger partial charge in [0.25, 0.3) is 0 Å². The molecule has 4 nitrogen and oxygen atoms in total. The maximum atomic E-state index is 12.2. The van der Waals surface area contributed by atoms with Crippen molar-refractivity contribution in [1.82, 2.24) is 5.32 Å². The smallest absolute Gasteiger partial charge is 0.154 e. The predicted octanol–water partition coefficient (Wildman–Crippen LogP) is 2.95. The van der Waals surface area contributed by atoms with Crippen molar-refractivity contribution in [2.75, 3.05) is 19.4 Å². The van der Waals surface area contributed by atoms with Crippen molar-refractivity contribution in [2.24, 2.45) is 0 Å². The zero-order valence-electron chi connectivity index (χ0n) is 13.4. The monoisotopic (exact) mass is 313 g/mol. The Bertz CT molecular complexity index is 511. The third kappa shape index (κ3) is 5.32. The number of ether oxygens (including phenoxy) is 1. The molecule has 2 atom stereocenters. The second-order valence-corrected chi connectivity index (χ2v) is 7.77. The minimum absolute atomic E-state index is 0.119. The van der Waals surface area contributed by atoms with Gasteiger partial charge in [-0.15, -0.1) is 0 Å². The van der Waals surface area contributed by atoms with Crippen molar-refractivity contribution in [1.29, 1.82) is 0 Å². The number of benzene rings is 1. The van der Waals surface area contributed by atoms with E-state index in [2.05, 4.69) is 12.2 Å². The van der Waals surface area contributed by atoms with E-state index in [0.717, 1.165) is 17.7 Å². The van der Waals surface area contributed by atoms with Crippen LogP contribution in [0, 0.1) is 0 Å². The Labute approximate surface area is 128 Å². The molecular formula is C16H27NO3S. The maximum absolute atomic E-state index is 12.2. The summed E-state index contributed by atoms with van der Waals surface area (Å²) >= 11 is 0. The van der Waals surface area contributed by atoms with Crippen molar-refractivity contribution in [3.63, 3.8) is 0 Å². The van der Waals surface area contributed by atoms with Crippen molar-refractivity contribution < 1.29 is 13.2 Å². The number of nitrogens with one attached hydrogen (secondary N) is 1. The number of sulfone groups is 1. The van der Waals surface area contributed by atoms with Gasteiger partial charge in [0, 0.05) is 6.04 Å². The van der Waals surface area contributed by atoms with Gasteiger partial charge in [-0.1, -0.05) is 26.0 Å². The van der Waals surface area contributed by atoms with Crippen LogP contribution in [-0.2, 0) is 9.84 Å². The minimum atomic E-state index is -3.09. The zero-order chi connectivity index (χ0) is 15.9. The summed E-state index contributed by atoms with van der Waals surface area (Å²) in [7, 11) is -1.30. The van der Waals surface area contributed by atoms with Crippen LogP contribution in [0.25, 0.3) is 0 Å². The van der Waals surface area contributed by atoms with Gasteiger partial charge in [-0.3, -0.25) is 0 Å². The quantitative estimate of drug-likeness (QED) is 0.761. The van der Waals surface area contributed by atoms with E-state index in [9.17, 15) is 8.42 Å². The van der Waals surface area contributed by atoms with Gasteiger partial charge < -0.3 is 10.1 Å². The van der Waals surface area contributed by atoms with Crippen molar-refractivity contribution in [3.8, 4) is 5.75 Å². The van der Waals surface area contributed by atoms with E-state index < -0.39 is 9.84 Å². The Hall–Kier alpha value is -1.07. The lowest BCUT2D eigenvalue weighted by Crippen LogP contribution is -2.30. The molecule has 0 aromatic heterocycles. The summed E-state index contributed by atoms with van der Waals surface area (Å²) in [6.45, 7) is 6.42. The van der Waals surface area contributed by atoms with E-state index in [1.54, 1.807) is 14.0 Å². The summed E-state index contributed by atoms with van der Waals surface area (Å²) < 4.78 is 30.0. The first-order chi connectivity index (χ1) is 9.94. The molecule has 1 N–H and O–H groups in total. The normalized spacial score (nSPS) is 14.7. The molecule has 2 unspecified atom stereocenters. The number of rotatable bonds is 9. The number of hydrogen-bond acceptors (Lipinski definition) is 4. The number of hydrogen-bond donors (Lipinski definition) is 1. The first-order valence-electron chi connectivity index (χ1n) is 7.56. The Morgan fingerprint density at radius 1 is 1.19 bits per heavy atom. The van der Waals surface area contributed by atoms with E-state index in [0.29, 0.717) is 13.0 Å². The van der Waals surface area contributed by atoms with E-state index in [-0.39, 0.29) is 17.0 Å². The predicted molar refractivity (Wildman–Crippen MR) is 87.6 cm³/mol. The molecule has 1 rings (SSSR count). The van der Waals surface area contributed by atoms with Gasteiger partial charge in [0.15, 0.2) is 9.84 Å². The fourth-order valence-corrected chi connectivity index (χ4v) is 3.67. The van der Waals surface area contributed by atoms with Gasteiger partial charge in [-0.05, 0) is 44.5 Å². The molecule has 1 aromatic rings. The van der Waals surface area contributed by atoms with Gasteiger partial charge in [0.1, 0.15) is 5.75 Å². The molecule has 0 aliphatic carbocycles. The van der Waals surface area contributed by atoms with Crippen molar-refractivity contribution in [3.05, 3.63) is 29.8 Å². The third-order valence-electron chi connectivity index (χ3n) is 3.69. The van der Waals surface area contributed by atoms with Crippen LogP contribution in [0.1, 0.15) is 45.2 Å². The molecule has 0 amide bonds. The first kappa shape index (κ1) is 18.0. The van der Waals surface area contributed by atoms with Gasteiger partial charge >= 0.3 is 0 Å². The van der Waals surface area contributed by atoms with Gasteiger partial charge in [-0.2, -0.15) is 0 Å². The highest BCUT2D eigenvalue weighted by molar-refractivity contribution is 7.92. The lowest BCUT2D eigenvalue weighted by molar-refractivity contribution is 0.317. The molecule has 0 heterocycles. The largest absolute Gasteiger partial charge is 0.494 e. The molecule has 0 saturated heterocycles. The first-order valence-corrected chi connectivity index (χ1v) is 9.27. The Kier molecular flexibility index (Phi) is 7.18. The molecule has 120 valence electrons. The molecule has 0 radical (unpaired) electrons. The molecule has 21 heavy (non-hydrogen) atoms. The fraction of sp³-hybridized carbons (Fsp3) is 0.625. The third-order valence-corrected chi connectivity index (χ3v) is 6.05. The van der Waals surface area contributed by atoms with E-state index in [4.69, 9.17) is 4.74 Å². The molecule has 0 spiro atoms. The molecule has 0 fully saturated rings. The Morgan fingerprint density at radius 2 is 1.81 bits per heavy atom. The molecule has 0 aliphatic heterocycles. The summed E-state index contributed by atoms with van der Waals surface area (Å²) in [5.41, 5.74) is 0.966. The van der Waals surface area contributed by atoms with E-state index >= 15 is 0 Å². The highest BCUT2D eigenvalue weighted by atomic mass is 32.2. The summed E-state index contributed by atoms with van der Waals surface area (Å²) in [6, 6.07) is 7.46. The van der Waals surface area contributed by atoms with Crippen LogP contribution in [0.2, 0.25) is 0 Å². The van der Waals surface area contributed by atoms with Crippen molar-refractivity contribution >= 4 is 9.84 Å². The van der Waals surface area contributed by atoms with Crippen LogP contribution < -0.4 is 10.1 Å². The van der Waals surface area contributed by atoms with Crippen LogP contribution in [0.15, 0.2) is 24.3 Å². The average Bonchev–Trinajstić information content (AvgIpc) is 2.50. The molecule has 0 aliphatic rings. The summed E-state index contributed by atoms with van der Waals surface area (Å²) in [5, 5.41) is 2.79. The summed E-state index contributed by atoms with van der Waals surface area (Å²) in [5.74, 6) is 0.938. The van der Waals surface area contributed by atoms with Crippen LogP contribution in [-0.4, -0.2) is 33.1 Å². The van der Waals surface area contributed by atoms with Gasteiger partial charge in [0.2, 0.25) is 0 Å². The molecule has 0 saturated carbocycles. The molecule has 1 aromatic carbocycles. The second-order valence-electron chi connectivity index (χ2n) is 5.31. The molecular weight excluding hydrogens is 286 g/mol. The molecule has 5 heteroatoms. The molecule has 0 bridgehead atoms. The topological polar surface area (TPSA) is 55.4 Å². The highest BCUT2D eigenvalue weighted by Gasteiger charge is 2.24. The van der Waals surface area contributed by atoms with Crippen molar-refractivity contribution in [2.45, 2.75) is 44.9 Å². The lowest BCUT2D eigenvalue weighted by Gasteiger charge is -2.19.